The van der Waals surface area contributed by atoms with E-state index >= 15 is 0 Å². The predicted molar refractivity (Wildman–Crippen MR) is 129 cm³/mol. The lowest BCUT2D eigenvalue weighted by atomic mass is 10.2. The van der Waals surface area contributed by atoms with Gasteiger partial charge in [-0.05, 0) is 66.2 Å². The van der Waals surface area contributed by atoms with Gasteiger partial charge in [0.05, 0.1) is 11.9 Å². The Morgan fingerprint density at radius 1 is 0.750 bits per heavy atom. The molecule has 5 rings (SSSR count). The second-order valence-corrected chi connectivity index (χ2v) is 8.43. The fourth-order valence-corrected chi connectivity index (χ4v) is 4.05. The van der Waals surface area contributed by atoms with Crippen molar-refractivity contribution in [3.63, 3.8) is 0 Å². The van der Waals surface area contributed by atoms with Crippen LogP contribution < -0.4 is 9.64 Å². The van der Waals surface area contributed by atoms with Crippen LogP contribution in [0.3, 0.4) is 0 Å². The molecule has 0 aliphatic carbocycles. The van der Waals surface area contributed by atoms with E-state index in [0.717, 1.165) is 11.3 Å². The number of hydrogen-bond acceptors (Lipinski definition) is 4. The molecule has 3 aromatic carbocycles. The van der Waals surface area contributed by atoms with Gasteiger partial charge in [-0.3, -0.25) is 4.79 Å². The summed E-state index contributed by atoms with van der Waals surface area (Å²) in [5.41, 5.74) is 2.34. The Hall–Kier alpha value is -4.27. The lowest BCUT2D eigenvalue weighted by molar-refractivity contribution is 0.0735. The fraction of sp³-hybridized carbons (Fsp3) is 0.185. The molecule has 0 N–H and O–H groups in total. The molecule has 2 heterocycles. The highest BCUT2D eigenvalue weighted by Gasteiger charge is 2.27. The van der Waals surface area contributed by atoms with Crippen molar-refractivity contribution in [1.82, 2.24) is 14.7 Å². The molecule has 0 unspecified atom stereocenters. The first-order valence-electron chi connectivity index (χ1n) is 11.5. The number of ether oxygens (including phenoxy) is 1. The van der Waals surface area contributed by atoms with Crippen LogP contribution in [0.1, 0.15) is 16.1 Å². The van der Waals surface area contributed by atoms with Crippen LogP contribution in [0.5, 0.6) is 5.75 Å². The first kappa shape index (κ1) is 23.5. The maximum Gasteiger partial charge on any atom is 0.278 e. The summed E-state index contributed by atoms with van der Waals surface area (Å²) in [6.45, 7) is 2.20. The molecule has 1 aliphatic heterocycles. The highest BCUT2D eigenvalue weighted by atomic mass is 19.1. The Bertz CT molecular complexity index is 1330. The number of anilines is 1. The van der Waals surface area contributed by atoms with Crippen molar-refractivity contribution < 1.29 is 22.7 Å². The smallest absolute Gasteiger partial charge is 0.278 e. The number of rotatable bonds is 6. The molecule has 4 aromatic rings. The molecule has 9 heteroatoms. The molecule has 36 heavy (non-hydrogen) atoms. The summed E-state index contributed by atoms with van der Waals surface area (Å²) < 4.78 is 47.3. The number of carbonyl (C=O) groups is 1. The van der Waals surface area contributed by atoms with Crippen LogP contribution in [-0.2, 0) is 6.61 Å². The minimum Gasteiger partial charge on any atom is -0.485 e. The normalized spacial score (nSPS) is 13.6. The van der Waals surface area contributed by atoms with Crippen molar-refractivity contribution >= 4 is 11.6 Å². The second-order valence-electron chi connectivity index (χ2n) is 8.43. The monoisotopic (exact) mass is 492 g/mol. The molecule has 1 saturated heterocycles. The third-order valence-electron chi connectivity index (χ3n) is 6.04. The van der Waals surface area contributed by atoms with Gasteiger partial charge in [-0.25, -0.2) is 17.9 Å². The molecule has 0 bridgehead atoms. The van der Waals surface area contributed by atoms with Crippen LogP contribution in [0.2, 0.25) is 0 Å². The topological polar surface area (TPSA) is 50.6 Å². The molecule has 6 nitrogen and oxygen atoms in total. The Balaban J connectivity index is 1.35. The van der Waals surface area contributed by atoms with E-state index in [2.05, 4.69) is 10.00 Å². The molecular weight excluding hydrogens is 469 g/mol. The molecule has 1 aliphatic rings. The Labute approximate surface area is 206 Å². The minimum absolute atomic E-state index is 0.119. The number of carbonyl (C=O) groups excluding carboxylic acids is 1. The van der Waals surface area contributed by atoms with Crippen molar-refractivity contribution in [1.29, 1.82) is 0 Å². The van der Waals surface area contributed by atoms with Gasteiger partial charge in [0, 0.05) is 31.9 Å². The molecule has 0 saturated carbocycles. The Morgan fingerprint density at radius 3 is 1.86 bits per heavy atom. The summed E-state index contributed by atoms with van der Waals surface area (Å²) >= 11 is 0. The van der Waals surface area contributed by atoms with Crippen LogP contribution in [0.4, 0.5) is 18.9 Å². The zero-order valence-electron chi connectivity index (χ0n) is 19.3. The molecule has 0 spiro atoms. The predicted octanol–water partition coefficient (Wildman–Crippen LogP) is 4.83. The van der Waals surface area contributed by atoms with Gasteiger partial charge in [-0.15, -0.1) is 0 Å². The van der Waals surface area contributed by atoms with Gasteiger partial charge < -0.3 is 14.5 Å². The van der Waals surface area contributed by atoms with Crippen LogP contribution in [0, 0.1) is 17.5 Å². The molecule has 1 amide bonds. The van der Waals surface area contributed by atoms with Gasteiger partial charge in [-0.1, -0.05) is 12.1 Å². The van der Waals surface area contributed by atoms with Crippen molar-refractivity contribution in [2.75, 3.05) is 31.1 Å². The van der Waals surface area contributed by atoms with Gasteiger partial charge in [0.2, 0.25) is 0 Å². The van der Waals surface area contributed by atoms with Crippen LogP contribution in [-0.4, -0.2) is 46.8 Å². The largest absolute Gasteiger partial charge is 0.485 e. The summed E-state index contributed by atoms with van der Waals surface area (Å²) in [6, 6.07) is 17.9. The number of piperazine rings is 1. The lowest BCUT2D eigenvalue weighted by Crippen LogP contribution is -2.49. The standard InChI is InChI=1S/C27H23F3N4O2/c28-20-3-1-19(2-4-20)18-36-25-17-34(24-11-7-22(30)8-12-24)31-26(25)27(35)33-15-13-32(14-16-33)23-9-5-21(29)6-10-23/h1-12,17H,13-16,18H2. The first-order valence-corrected chi connectivity index (χ1v) is 11.5. The van der Waals surface area contributed by atoms with Gasteiger partial charge in [0.15, 0.2) is 11.4 Å². The first-order chi connectivity index (χ1) is 17.5. The zero-order valence-corrected chi connectivity index (χ0v) is 19.3. The number of hydrogen-bond donors (Lipinski definition) is 0. The van der Waals surface area contributed by atoms with E-state index in [1.54, 1.807) is 47.5 Å². The molecule has 0 atom stereocenters. The molecule has 184 valence electrons. The summed E-state index contributed by atoms with van der Waals surface area (Å²) in [5, 5.41) is 4.46. The maximum absolute atomic E-state index is 13.5. The zero-order chi connectivity index (χ0) is 25.1. The van der Waals surface area contributed by atoms with Gasteiger partial charge in [-0.2, -0.15) is 5.10 Å². The van der Waals surface area contributed by atoms with E-state index in [9.17, 15) is 18.0 Å². The van der Waals surface area contributed by atoms with E-state index in [0.29, 0.717) is 31.9 Å². The number of aromatic nitrogens is 2. The van der Waals surface area contributed by atoms with Gasteiger partial charge in [0.25, 0.3) is 5.91 Å². The molecule has 1 fully saturated rings. The lowest BCUT2D eigenvalue weighted by Gasteiger charge is -2.35. The van der Waals surface area contributed by atoms with Gasteiger partial charge in [0.1, 0.15) is 24.1 Å². The van der Waals surface area contributed by atoms with Crippen molar-refractivity contribution in [3.05, 3.63) is 108 Å². The fourth-order valence-electron chi connectivity index (χ4n) is 4.05. The van der Waals surface area contributed by atoms with E-state index in [1.807, 2.05) is 0 Å². The average molecular weight is 493 g/mol. The third-order valence-corrected chi connectivity index (χ3v) is 6.04. The number of nitrogens with zero attached hydrogens (tertiary/aromatic N) is 4. The molecular formula is C27H23F3N4O2. The van der Waals surface area contributed by atoms with E-state index in [1.165, 1.54) is 41.1 Å². The Kier molecular flexibility index (Phi) is 6.62. The Morgan fingerprint density at radius 2 is 1.28 bits per heavy atom. The van der Waals surface area contributed by atoms with E-state index in [4.69, 9.17) is 4.74 Å². The number of amides is 1. The summed E-state index contributed by atoms with van der Waals surface area (Å²) in [6.07, 6.45) is 1.58. The van der Waals surface area contributed by atoms with Crippen molar-refractivity contribution in [2.24, 2.45) is 0 Å². The number of halogens is 3. The second kappa shape index (κ2) is 10.2. The molecule has 1 aromatic heterocycles. The quantitative estimate of drug-likeness (QED) is 0.387. The summed E-state index contributed by atoms with van der Waals surface area (Å²) in [5.74, 6) is -1.04. The van der Waals surface area contributed by atoms with Crippen molar-refractivity contribution in [3.8, 4) is 11.4 Å². The highest BCUT2D eigenvalue weighted by Crippen LogP contribution is 2.25. The van der Waals surface area contributed by atoms with Crippen LogP contribution >= 0.6 is 0 Å². The minimum atomic E-state index is -0.381. The maximum atomic E-state index is 13.5. The average Bonchev–Trinajstić information content (AvgIpc) is 3.33. The highest BCUT2D eigenvalue weighted by molar-refractivity contribution is 5.95. The summed E-state index contributed by atoms with van der Waals surface area (Å²) in [4.78, 5) is 17.2. The van der Waals surface area contributed by atoms with Gasteiger partial charge >= 0.3 is 0 Å². The van der Waals surface area contributed by atoms with Crippen LogP contribution in [0.15, 0.2) is 79.0 Å². The van der Waals surface area contributed by atoms with Crippen molar-refractivity contribution in [2.45, 2.75) is 6.61 Å². The van der Waals surface area contributed by atoms with Crippen LogP contribution in [0.25, 0.3) is 5.69 Å². The molecule has 0 radical (unpaired) electrons. The SMILES string of the molecule is O=C(c1nn(-c2ccc(F)cc2)cc1OCc1ccc(F)cc1)N1CCN(c2ccc(F)cc2)CC1. The van der Waals surface area contributed by atoms with E-state index < -0.39 is 0 Å². The number of benzene rings is 3. The third kappa shape index (κ3) is 5.19. The summed E-state index contributed by atoms with van der Waals surface area (Å²) in [7, 11) is 0. The van der Waals surface area contributed by atoms with E-state index in [-0.39, 0.29) is 41.4 Å².